The molecule has 0 N–H and O–H groups in total. The van der Waals surface area contributed by atoms with Crippen LogP contribution < -0.4 is 0 Å². The molecule has 0 bridgehead atoms. The standard InChI is InChI=1S/C18H16F3NOS/c1-12-2-4-13(5-3-12)16(23)22-10-11-24-17(22)14-6-8-15(9-7-14)18(19,20)21/h2-9,17H,10-11H2,1H3/t17-/m1/s1. The van der Waals surface area contributed by atoms with Crippen LogP contribution in [-0.4, -0.2) is 23.1 Å². The van der Waals surface area contributed by atoms with Crippen LogP contribution in [0.2, 0.25) is 0 Å². The first-order chi connectivity index (χ1) is 11.4. The van der Waals surface area contributed by atoms with Crippen LogP contribution in [0, 0.1) is 6.92 Å². The molecule has 126 valence electrons. The number of nitrogens with zero attached hydrogens (tertiary/aromatic N) is 1. The van der Waals surface area contributed by atoms with Gasteiger partial charge in [-0.05, 0) is 36.8 Å². The molecule has 0 unspecified atom stereocenters. The largest absolute Gasteiger partial charge is 0.416 e. The van der Waals surface area contributed by atoms with Crippen LogP contribution in [0.5, 0.6) is 0 Å². The van der Waals surface area contributed by atoms with Crippen molar-refractivity contribution in [2.45, 2.75) is 18.5 Å². The Hall–Kier alpha value is -1.95. The maximum atomic E-state index is 12.7. The van der Waals surface area contributed by atoms with E-state index in [-0.39, 0.29) is 11.3 Å². The smallest absolute Gasteiger partial charge is 0.322 e. The molecule has 1 atom stereocenters. The number of carbonyl (C=O) groups excluding carboxylic acids is 1. The van der Waals surface area contributed by atoms with Crippen molar-refractivity contribution in [3.63, 3.8) is 0 Å². The van der Waals surface area contributed by atoms with Crippen LogP contribution in [0.4, 0.5) is 13.2 Å². The van der Waals surface area contributed by atoms with Crippen LogP contribution >= 0.6 is 11.8 Å². The molecule has 2 aromatic carbocycles. The number of aryl methyl sites for hydroxylation is 1. The molecule has 2 aromatic rings. The molecule has 1 heterocycles. The third-order valence-corrected chi connectivity index (χ3v) is 5.23. The molecule has 0 saturated carbocycles. The third-order valence-electron chi connectivity index (χ3n) is 3.97. The Morgan fingerprint density at radius 2 is 1.71 bits per heavy atom. The first-order valence-corrected chi connectivity index (χ1v) is 8.57. The van der Waals surface area contributed by atoms with Crippen LogP contribution in [0.25, 0.3) is 0 Å². The second-order valence-electron chi connectivity index (χ2n) is 5.71. The summed E-state index contributed by atoms with van der Waals surface area (Å²) in [7, 11) is 0. The summed E-state index contributed by atoms with van der Waals surface area (Å²) in [5.74, 6) is 0.674. The van der Waals surface area contributed by atoms with Gasteiger partial charge in [-0.2, -0.15) is 13.2 Å². The summed E-state index contributed by atoms with van der Waals surface area (Å²) >= 11 is 1.57. The Bertz CT molecular complexity index is 725. The van der Waals surface area contributed by atoms with Gasteiger partial charge in [-0.1, -0.05) is 29.8 Å². The third kappa shape index (κ3) is 3.43. The lowest BCUT2D eigenvalue weighted by Gasteiger charge is -2.24. The second-order valence-corrected chi connectivity index (χ2v) is 6.90. The molecule has 0 radical (unpaired) electrons. The fourth-order valence-corrected chi connectivity index (χ4v) is 3.91. The van der Waals surface area contributed by atoms with E-state index in [1.54, 1.807) is 28.8 Å². The Labute approximate surface area is 142 Å². The average molecular weight is 351 g/mol. The predicted molar refractivity (Wildman–Crippen MR) is 88.9 cm³/mol. The summed E-state index contributed by atoms with van der Waals surface area (Å²) in [6.45, 7) is 2.54. The maximum Gasteiger partial charge on any atom is 0.416 e. The number of benzene rings is 2. The Kier molecular flexibility index (Phi) is 4.58. The molecule has 0 aromatic heterocycles. The van der Waals surface area contributed by atoms with Gasteiger partial charge in [-0.3, -0.25) is 4.79 Å². The van der Waals surface area contributed by atoms with Crippen LogP contribution in [0.1, 0.15) is 32.4 Å². The van der Waals surface area contributed by atoms with Crippen molar-refractivity contribution in [2.75, 3.05) is 12.3 Å². The van der Waals surface area contributed by atoms with E-state index in [0.29, 0.717) is 17.7 Å². The predicted octanol–water partition coefficient (Wildman–Crippen LogP) is 4.90. The highest BCUT2D eigenvalue weighted by molar-refractivity contribution is 7.99. The number of rotatable bonds is 2. The minimum Gasteiger partial charge on any atom is -0.322 e. The molecule has 1 aliphatic rings. The molecule has 1 saturated heterocycles. The van der Waals surface area contributed by atoms with E-state index < -0.39 is 11.7 Å². The number of halogens is 3. The molecule has 0 spiro atoms. The van der Waals surface area contributed by atoms with Gasteiger partial charge in [0.2, 0.25) is 0 Å². The molecule has 24 heavy (non-hydrogen) atoms. The fraction of sp³-hybridized carbons (Fsp3) is 0.278. The highest BCUT2D eigenvalue weighted by Gasteiger charge is 2.33. The SMILES string of the molecule is Cc1ccc(C(=O)N2CCS[C@@H]2c2ccc(C(F)(F)F)cc2)cc1. The molecular weight excluding hydrogens is 335 g/mol. The van der Waals surface area contributed by atoms with Gasteiger partial charge in [-0.25, -0.2) is 0 Å². The average Bonchev–Trinajstić information content (AvgIpc) is 3.04. The summed E-state index contributed by atoms with van der Waals surface area (Å²) in [6.07, 6.45) is -4.35. The van der Waals surface area contributed by atoms with E-state index in [2.05, 4.69) is 0 Å². The van der Waals surface area contributed by atoms with Crippen LogP contribution in [-0.2, 0) is 6.18 Å². The molecule has 3 rings (SSSR count). The lowest BCUT2D eigenvalue weighted by Crippen LogP contribution is -2.30. The molecule has 1 fully saturated rings. The normalized spacial score (nSPS) is 18.0. The number of amides is 1. The maximum absolute atomic E-state index is 12.7. The monoisotopic (exact) mass is 351 g/mol. The number of hydrogen-bond donors (Lipinski definition) is 0. The van der Waals surface area contributed by atoms with E-state index >= 15 is 0 Å². The molecule has 0 aliphatic carbocycles. The molecule has 2 nitrogen and oxygen atoms in total. The van der Waals surface area contributed by atoms with Crippen molar-refractivity contribution in [3.05, 3.63) is 70.8 Å². The Morgan fingerprint density at radius 1 is 1.08 bits per heavy atom. The van der Waals surface area contributed by atoms with E-state index in [1.165, 1.54) is 12.1 Å². The Balaban J connectivity index is 1.82. The Morgan fingerprint density at radius 3 is 2.29 bits per heavy atom. The van der Waals surface area contributed by atoms with Gasteiger partial charge in [0.05, 0.1) is 5.56 Å². The van der Waals surface area contributed by atoms with Gasteiger partial charge >= 0.3 is 6.18 Å². The summed E-state index contributed by atoms with van der Waals surface area (Å²) in [5.41, 5.74) is 1.71. The zero-order chi connectivity index (χ0) is 17.3. The first kappa shape index (κ1) is 16.9. The first-order valence-electron chi connectivity index (χ1n) is 7.52. The number of alkyl halides is 3. The number of hydrogen-bond acceptors (Lipinski definition) is 2. The zero-order valence-electron chi connectivity index (χ0n) is 13.0. The topological polar surface area (TPSA) is 20.3 Å². The van der Waals surface area contributed by atoms with Crippen molar-refractivity contribution in [1.82, 2.24) is 4.90 Å². The second kappa shape index (κ2) is 6.51. The zero-order valence-corrected chi connectivity index (χ0v) is 13.8. The summed E-state index contributed by atoms with van der Waals surface area (Å²) < 4.78 is 38.1. The molecule has 6 heteroatoms. The van der Waals surface area contributed by atoms with Gasteiger partial charge in [0, 0.05) is 17.9 Å². The van der Waals surface area contributed by atoms with E-state index in [0.717, 1.165) is 23.4 Å². The van der Waals surface area contributed by atoms with Gasteiger partial charge in [0.1, 0.15) is 5.37 Å². The molecule has 1 aliphatic heterocycles. The van der Waals surface area contributed by atoms with Crippen molar-refractivity contribution >= 4 is 17.7 Å². The highest BCUT2D eigenvalue weighted by Crippen LogP contribution is 2.39. The molecule has 1 amide bonds. The van der Waals surface area contributed by atoms with Crippen LogP contribution in [0.3, 0.4) is 0 Å². The number of thioether (sulfide) groups is 1. The minimum absolute atomic E-state index is 0.0927. The fourth-order valence-electron chi connectivity index (χ4n) is 2.65. The van der Waals surface area contributed by atoms with Crippen molar-refractivity contribution in [3.8, 4) is 0 Å². The highest BCUT2D eigenvalue weighted by atomic mass is 32.2. The van der Waals surface area contributed by atoms with Gasteiger partial charge in [0.25, 0.3) is 5.91 Å². The van der Waals surface area contributed by atoms with E-state index in [4.69, 9.17) is 0 Å². The minimum atomic E-state index is -4.35. The van der Waals surface area contributed by atoms with Gasteiger partial charge < -0.3 is 4.90 Å². The van der Waals surface area contributed by atoms with Crippen molar-refractivity contribution in [1.29, 1.82) is 0 Å². The van der Waals surface area contributed by atoms with Crippen molar-refractivity contribution in [2.24, 2.45) is 0 Å². The summed E-state index contributed by atoms with van der Waals surface area (Å²) in [4.78, 5) is 14.4. The van der Waals surface area contributed by atoms with E-state index in [9.17, 15) is 18.0 Å². The lowest BCUT2D eigenvalue weighted by atomic mass is 10.1. The summed E-state index contributed by atoms with van der Waals surface area (Å²) in [6, 6.07) is 12.4. The summed E-state index contributed by atoms with van der Waals surface area (Å²) in [5, 5.41) is -0.249. The lowest BCUT2D eigenvalue weighted by molar-refractivity contribution is -0.137. The van der Waals surface area contributed by atoms with Crippen LogP contribution in [0.15, 0.2) is 48.5 Å². The van der Waals surface area contributed by atoms with E-state index in [1.807, 2.05) is 19.1 Å². The number of carbonyl (C=O) groups is 1. The van der Waals surface area contributed by atoms with Crippen molar-refractivity contribution < 1.29 is 18.0 Å². The van der Waals surface area contributed by atoms with Gasteiger partial charge in [-0.15, -0.1) is 11.8 Å². The molecular formula is C18H16F3NOS. The van der Waals surface area contributed by atoms with Gasteiger partial charge in [0.15, 0.2) is 0 Å². The quantitative estimate of drug-likeness (QED) is 0.767.